The molecule has 4 rings (SSSR count). The third kappa shape index (κ3) is 3.09. The van der Waals surface area contributed by atoms with Crippen LogP contribution in [0.1, 0.15) is 11.5 Å². The standard InChI is InChI=1S/C19H12ClN3O2/c20-16-6-2-1-4-12(16)8-9-18-22-19(23-25-18)14-5-3-7-17-15(14)10-13(24)11-21-17/h1-11,24H/b9-8+. The Morgan fingerprint density at radius 2 is 1.92 bits per heavy atom. The number of fused-ring (bicyclic) bond motifs is 1. The maximum atomic E-state index is 9.69. The summed E-state index contributed by atoms with van der Waals surface area (Å²) in [7, 11) is 0. The fourth-order valence-corrected chi connectivity index (χ4v) is 2.72. The molecule has 25 heavy (non-hydrogen) atoms. The van der Waals surface area contributed by atoms with Gasteiger partial charge < -0.3 is 9.63 Å². The Morgan fingerprint density at radius 3 is 2.80 bits per heavy atom. The Balaban J connectivity index is 1.70. The first-order valence-electron chi connectivity index (χ1n) is 7.55. The fraction of sp³-hybridized carbons (Fsp3) is 0. The molecule has 0 amide bonds. The summed E-state index contributed by atoms with van der Waals surface area (Å²) in [6.45, 7) is 0. The third-order valence-corrected chi connectivity index (χ3v) is 4.05. The van der Waals surface area contributed by atoms with Crippen molar-refractivity contribution in [1.82, 2.24) is 15.1 Å². The summed E-state index contributed by atoms with van der Waals surface area (Å²) in [4.78, 5) is 8.58. The van der Waals surface area contributed by atoms with Crippen LogP contribution in [0.15, 0.2) is 59.3 Å². The number of hydrogen-bond acceptors (Lipinski definition) is 5. The number of halogens is 1. The van der Waals surface area contributed by atoms with Crippen LogP contribution in [0.3, 0.4) is 0 Å². The van der Waals surface area contributed by atoms with Crippen molar-refractivity contribution in [3.63, 3.8) is 0 Å². The van der Waals surface area contributed by atoms with Crippen LogP contribution in [0.5, 0.6) is 5.75 Å². The lowest BCUT2D eigenvalue weighted by Gasteiger charge is -2.02. The van der Waals surface area contributed by atoms with E-state index in [9.17, 15) is 5.11 Å². The fourth-order valence-electron chi connectivity index (χ4n) is 2.52. The van der Waals surface area contributed by atoms with Gasteiger partial charge >= 0.3 is 0 Å². The van der Waals surface area contributed by atoms with E-state index < -0.39 is 0 Å². The van der Waals surface area contributed by atoms with Gasteiger partial charge in [-0.3, -0.25) is 4.98 Å². The van der Waals surface area contributed by atoms with Gasteiger partial charge in [0, 0.05) is 22.0 Å². The average molecular weight is 350 g/mol. The lowest BCUT2D eigenvalue weighted by Crippen LogP contribution is -1.86. The van der Waals surface area contributed by atoms with E-state index in [-0.39, 0.29) is 5.75 Å². The van der Waals surface area contributed by atoms with Gasteiger partial charge in [0.05, 0.1) is 11.7 Å². The van der Waals surface area contributed by atoms with E-state index in [1.165, 1.54) is 6.20 Å². The van der Waals surface area contributed by atoms with Crippen molar-refractivity contribution in [1.29, 1.82) is 0 Å². The molecule has 0 radical (unpaired) electrons. The molecular weight excluding hydrogens is 338 g/mol. The largest absolute Gasteiger partial charge is 0.506 e. The Hall–Kier alpha value is -3.18. The minimum Gasteiger partial charge on any atom is -0.506 e. The van der Waals surface area contributed by atoms with Crippen LogP contribution in [0.4, 0.5) is 0 Å². The lowest BCUT2D eigenvalue weighted by molar-refractivity contribution is 0.411. The van der Waals surface area contributed by atoms with Crippen molar-refractivity contribution in [3.05, 3.63) is 71.2 Å². The number of rotatable bonds is 3. The van der Waals surface area contributed by atoms with Gasteiger partial charge in [0.15, 0.2) is 0 Å². The molecule has 4 aromatic rings. The monoisotopic (exact) mass is 349 g/mol. The zero-order valence-corrected chi connectivity index (χ0v) is 13.7. The predicted molar refractivity (Wildman–Crippen MR) is 97.1 cm³/mol. The van der Waals surface area contributed by atoms with Crippen molar-refractivity contribution in [2.75, 3.05) is 0 Å². The number of benzene rings is 2. The highest BCUT2D eigenvalue weighted by atomic mass is 35.5. The van der Waals surface area contributed by atoms with Gasteiger partial charge in [-0.1, -0.05) is 47.1 Å². The van der Waals surface area contributed by atoms with Crippen molar-refractivity contribution in [3.8, 4) is 17.1 Å². The molecule has 6 heteroatoms. The smallest absolute Gasteiger partial charge is 0.250 e. The molecule has 122 valence electrons. The van der Waals surface area contributed by atoms with E-state index in [0.717, 1.165) is 22.0 Å². The SMILES string of the molecule is Oc1cnc2cccc(-c3noc(/C=C/c4ccccc4Cl)n3)c2c1. The molecule has 1 N–H and O–H groups in total. The van der Waals surface area contributed by atoms with Crippen molar-refractivity contribution in [2.45, 2.75) is 0 Å². The molecule has 0 aliphatic carbocycles. The Bertz CT molecular complexity index is 1090. The number of aromatic nitrogens is 3. The number of aromatic hydroxyl groups is 1. The minimum atomic E-state index is 0.0854. The predicted octanol–water partition coefficient (Wildman–Crippen LogP) is 4.81. The molecule has 0 fully saturated rings. The second-order valence-electron chi connectivity index (χ2n) is 5.38. The van der Waals surface area contributed by atoms with E-state index >= 15 is 0 Å². The molecule has 0 bridgehead atoms. The number of pyridine rings is 1. The molecule has 0 atom stereocenters. The zero-order valence-electron chi connectivity index (χ0n) is 12.9. The Labute approximate surface area is 148 Å². The molecule has 0 aliphatic heterocycles. The second kappa shape index (κ2) is 6.37. The molecular formula is C19H12ClN3O2. The molecule has 2 aromatic carbocycles. The van der Waals surface area contributed by atoms with Crippen LogP contribution < -0.4 is 0 Å². The maximum absolute atomic E-state index is 9.69. The van der Waals surface area contributed by atoms with E-state index in [2.05, 4.69) is 15.1 Å². The first-order chi connectivity index (χ1) is 12.2. The summed E-state index contributed by atoms with van der Waals surface area (Å²) in [5.74, 6) is 0.874. The quantitative estimate of drug-likeness (QED) is 0.574. The third-order valence-electron chi connectivity index (χ3n) is 3.70. The summed E-state index contributed by atoms with van der Waals surface area (Å²) in [6.07, 6.45) is 4.93. The Kier molecular flexibility index (Phi) is 3.91. The Morgan fingerprint density at radius 1 is 1.04 bits per heavy atom. The van der Waals surface area contributed by atoms with Gasteiger partial charge in [0.2, 0.25) is 5.82 Å². The topological polar surface area (TPSA) is 72.0 Å². The number of nitrogens with zero attached hydrogens (tertiary/aromatic N) is 3. The van der Waals surface area contributed by atoms with Gasteiger partial charge in [0.1, 0.15) is 5.75 Å². The molecule has 0 spiro atoms. The highest BCUT2D eigenvalue weighted by Crippen LogP contribution is 2.28. The summed E-state index contributed by atoms with van der Waals surface area (Å²) < 4.78 is 5.29. The lowest BCUT2D eigenvalue weighted by atomic mass is 10.1. The maximum Gasteiger partial charge on any atom is 0.250 e. The molecule has 2 aromatic heterocycles. The molecule has 0 aliphatic rings. The zero-order chi connectivity index (χ0) is 17.2. The molecule has 5 nitrogen and oxygen atoms in total. The van der Waals surface area contributed by atoms with Crippen LogP contribution in [0.2, 0.25) is 5.02 Å². The van der Waals surface area contributed by atoms with E-state index in [1.54, 1.807) is 12.1 Å². The van der Waals surface area contributed by atoms with Gasteiger partial charge in [-0.25, -0.2) is 0 Å². The highest BCUT2D eigenvalue weighted by molar-refractivity contribution is 6.32. The van der Waals surface area contributed by atoms with Crippen molar-refractivity contribution in [2.24, 2.45) is 0 Å². The van der Waals surface area contributed by atoms with Crippen molar-refractivity contribution < 1.29 is 9.63 Å². The van der Waals surface area contributed by atoms with Crippen LogP contribution in [-0.4, -0.2) is 20.2 Å². The van der Waals surface area contributed by atoms with E-state index in [1.807, 2.05) is 48.5 Å². The van der Waals surface area contributed by atoms with E-state index in [4.69, 9.17) is 16.1 Å². The molecule has 0 unspecified atom stereocenters. The van der Waals surface area contributed by atoms with Gasteiger partial charge in [-0.15, -0.1) is 0 Å². The first kappa shape index (κ1) is 15.4. The van der Waals surface area contributed by atoms with Gasteiger partial charge in [-0.05, 0) is 29.8 Å². The van der Waals surface area contributed by atoms with E-state index in [0.29, 0.717) is 16.7 Å². The average Bonchev–Trinajstić information content (AvgIpc) is 3.09. The summed E-state index contributed by atoms with van der Waals surface area (Å²) in [6, 6.07) is 14.7. The second-order valence-corrected chi connectivity index (χ2v) is 5.78. The highest BCUT2D eigenvalue weighted by Gasteiger charge is 2.11. The molecule has 0 saturated heterocycles. The number of hydrogen-bond donors (Lipinski definition) is 1. The normalized spacial score (nSPS) is 11.4. The summed E-state index contributed by atoms with van der Waals surface area (Å²) >= 11 is 6.12. The van der Waals surface area contributed by atoms with Gasteiger partial charge in [-0.2, -0.15) is 4.98 Å². The van der Waals surface area contributed by atoms with Crippen LogP contribution in [0.25, 0.3) is 34.4 Å². The van der Waals surface area contributed by atoms with Crippen molar-refractivity contribution >= 4 is 34.7 Å². The minimum absolute atomic E-state index is 0.0854. The van der Waals surface area contributed by atoms with Crippen LogP contribution in [0, 0.1) is 0 Å². The summed E-state index contributed by atoms with van der Waals surface area (Å²) in [5, 5.41) is 15.1. The van der Waals surface area contributed by atoms with Gasteiger partial charge in [0.25, 0.3) is 5.89 Å². The first-order valence-corrected chi connectivity index (χ1v) is 7.93. The van der Waals surface area contributed by atoms with Crippen LogP contribution in [-0.2, 0) is 0 Å². The molecule has 2 heterocycles. The summed E-state index contributed by atoms with van der Waals surface area (Å²) in [5.41, 5.74) is 2.35. The molecule has 0 saturated carbocycles. The van der Waals surface area contributed by atoms with Crippen LogP contribution >= 0.6 is 11.6 Å².